The van der Waals surface area contributed by atoms with Crippen LogP contribution in [-0.2, 0) is 6.42 Å². The van der Waals surface area contributed by atoms with Crippen LogP contribution in [0.3, 0.4) is 0 Å². The number of rotatable bonds is 5. The van der Waals surface area contributed by atoms with Gasteiger partial charge >= 0.3 is 0 Å². The van der Waals surface area contributed by atoms with Crippen LogP contribution in [0.1, 0.15) is 17.2 Å². The minimum absolute atomic E-state index is 0.0344. The van der Waals surface area contributed by atoms with E-state index in [-0.39, 0.29) is 17.6 Å². The Bertz CT molecular complexity index is 588. The van der Waals surface area contributed by atoms with Gasteiger partial charge in [0.1, 0.15) is 0 Å². The first-order chi connectivity index (χ1) is 9.67. The zero-order valence-corrected chi connectivity index (χ0v) is 13.1. The van der Waals surface area contributed by atoms with Crippen molar-refractivity contribution in [2.75, 3.05) is 14.2 Å². The van der Waals surface area contributed by atoms with Gasteiger partial charge in [0.15, 0.2) is 11.6 Å². The Balaban J connectivity index is 2.30. The molecule has 0 aliphatic carbocycles. The second kappa shape index (κ2) is 6.86. The molecule has 1 atom stereocenters. The van der Waals surface area contributed by atoms with Crippen molar-refractivity contribution in [3.05, 3.63) is 63.9 Å². The number of hydrogen-bond donors (Lipinski definition) is 1. The Morgan fingerprint density at radius 3 is 2.60 bits per heavy atom. The highest BCUT2D eigenvalue weighted by Crippen LogP contribution is 2.28. The van der Waals surface area contributed by atoms with E-state index < -0.39 is 0 Å². The molecule has 1 N–H and O–H groups in total. The summed E-state index contributed by atoms with van der Waals surface area (Å²) in [6.07, 6.45) is 0.558. The van der Waals surface area contributed by atoms with Gasteiger partial charge in [-0.1, -0.05) is 46.3 Å². The molecule has 0 bridgehead atoms. The van der Waals surface area contributed by atoms with Crippen molar-refractivity contribution in [1.82, 2.24) is 5.32 Å². The third kappa shape index (κ3) is 3.19. The maximum atomic E-state index is 14.2. The average Bonchev–Trinajstić information content (AvgIpc) is 2.47. The molecule has 0 fully saturated rings. The summed E-state index contributed by atoms with van der Waals surface area (Å²) in [5.74, 6) is -0.00761. The van der Waals surface area contributed by atoms with Gasteiger partial charge in [0.05, 0.1) is 7.11 Å². The molecule has 20 heavy (non-hydrogen) atoms. The maximum absolute atomic E-state index is 14.2. The zero-order chi connectivity index (χ0) is 14.5. The minimum atomic E-state index is -0.290. The molecule has 2 aromatic rings. The highest BCUT2D eigenvalue weighted by molar-refractivity contribution is 9.10. The monoisotopic (exact) mass is 337 g/mol. The van der Waals surface area contributed by atoms with Gasteiger partial charge in [-0.25, -0.2) is 4.39 Å². The van der Waals surface area contributed by atoms with Crippen LogP contribution in [0.5, 0.6) is 5.75 Å². The van der Waals surface area contributed by atoms with Gasteiger partial charge < -0.3 is 10.1 Å². The molecule has 2 aromatic carbocycles. The van der Waals surface area contributed by atoms with Crippen molar-refractivity contribution in [3.63, 3.8) is 0 Å². The molecule has 2 nitrogen and oxygen atoms in total. The van der Waals surface area contributed by atoms with Crippen LogP contribution in [0.15, 0.2) is 46.9 Å². The lowest BCUT2D eigenvalue weighted by molar-refractivity contribution is 0.383. The summed E-state index contributed by atoms with van der Waals surface area (Å²) in [5, 5.41) is 3.23. The van der Waals surface area contributed by atoms with Crippen LogP contribution in [0.4, 0.5) is 4.39 Å². The van der Waals surface area contributed by atoms with Crippen LogP contribution in [-0.4, -0.2) is 14.2 Å². The summed E-state index contributed by atoms with van der Waals surface area (Å²) in [5.41, 5.74) is 1.75. The van der Waals surface area contributed by atoms with Crippen LogP contribution in [0.2, 0.25) is 0 Å². The van der Waals surface area contributed by atoms with Crippen molar-refractivity contribution in [3.8, 4) is 5.75 Å². The normalized spacial score (nSPS) is 12.2. The summed E-state index contributed by atoms with van der Waals surface area (Å²) in [6.45, 7) is 0. The highest BCUT2D eigenvalue weighted by Gasteiger charge is 2.16. The maximum Gasteiger partial charge on any atom is 0.168 e. The number of methoxy groups -OCH3 is 1. The van der Waals surface area contributed by atoms with Crippen molar-refractivity contribution in [1.29, 1.82) is 0 Å². The average molecular weight is 338 g/mol. The second-order valence-electron chi connectivity index (χ2n) is 4.50. The SMILES string of the molecule is CNC(Cc1cccc(OC)c1F)c1ccccc1Br. The molecule has 1 unspecified atom stereocenters. The molecule has 4 heteroatoms. The van der Waals surface area contributed by atoms with Gasteiger partial charge in [-0.15, -0.1) is 0 Å². The van der Waals surface area contributed by atoms with E-state index in [1.165, 1.54) is 7.11 Å². The van der Waals surface area contributed by atoms with Crippen molar-refractivity contribution in [2.45, 2.75) is 12.5 Å². The van der Waals surface area contributed by atoms with Gasteiger partial charge in [0.25, 0.3) is 0 Å². The standard InChI is InChI=1S/C16H17BrFNO/c1-19-14(12-7-3-4-8-13(12)17)10-11-6-5-9-15(20-2)16(11)18/h3-9,14,19H,10H2,1-2H3. The van der Waals surface area contributed by atoms with E-state index in [9.17, 15) is 4.39 Å². The lowest BCUT2D eigenvalue weighted by Gasteiger charge is -2.19. The fourth-order valence-electron chi connectivity index (χ4n) is 2.22. The highest BCUT2D eigenvalue weighted by atomic mass is 79.9. The Kier molecular flexibility index (Phi) is 5.15. The predicted octanol–water partition coefficient (Wildman–Crippen LogP) is 4.10. The minimum Gasteiger partial charge on any atom is -0.494 e. The lowest BCUT2D eigenvalue weighted by atomic mass is 9.98. The fraction of sp³-hybridized carbons (Fsp3) is 0.250. The lowest BCUT2D eigenvalue weighted by Crippen LogP contribution is -2.20. The molecular formula is C16H17BrFNO. The molecular weight excluding hydrogens is 321 g/mol. The first kappa shape index (κ1) is 15.0. The van der Waals surface area contributed by atoms with Crippen molar-refractivity contribution >= 4 is 15.9 Å². The first-order valence-corrected chi connectivity index (χ1v) is 7.19. The molecule has 2 rings (SSSR count). The molecule has 0 amide bonds. The zero-order valence-electron chi connectivity index (χ0n) is 11.5. The molecule has 0 aliphatic heterocycles. The number of halogens is 2. The number of nitrogens with one attached hydrogen (secondary N) is 1. The summed E-state index contributed by atoms with van der Waals surface area (Å²) < 4.78 is 20.3. The Morgan fingerprint density at radius 2 is 1.95 bits per heavy atom. The van der Waals surface area contributed by atoms with Crippen molar-refractivity contribution in [2.24, 2.45) is 0 Å². The summed E-state index contributed by atoms with van der Waals surface area (Å²) in [7, 11) is 3.35. The number of likely N-dealkylation sites (N-methyl/N-ethyl adjacent to an activating group) is 1. The second-order valence-corrected chi connectivity index (χ2v) is 5.35. The van der Waals surface area contributed by atoms with E-state index in [0.717, 1.165) is 10.0 Å². The van der Waals surface area contributed by atoms with E-state index in [4.69, 9.17) is 4.74 Å². The van der Waals surface area contributed by atoms with Gasteiger partial charge in [0, 0.05) is 10.5 Å². The van der Waals surface area contributed by atoms with Gasteiger partial charge in [-0.2, -0.15) is 0 Å². The number of ether oxygens (including phenoxy) is 1. The fourth-order valence-corrected chi connectivity index (χ4v) is 2.78. The number of benzene rings is 2. The number of hydrogen-bond acceptors (Lipinski definition) is 2. The van der Waals surface area contributed by atoms with Crippen molar-refractivity contribution < 1.29 is 9.13 Å². The van der Waals surface area contributed by atoms with E-state index in [0.29, 0.717) is 12.0 Å². The third-order valence-electron chi connectivity index (χ3n) is 3.32. The van der Waals surface area contributed by atoms with E-state index in [1.807, 2.05) is 37.4 Å². The molecule has 0 spiro atoms. The largest absolute Gasteiger partial charge is 0.494 e. The molecule has 106 valence electrons. The van der Waals surface area contributed by atoms with E-state index in [2.05, 4.69) is 21.2 Å². The van der Waals surface area contributed by atoms with Gasteiger partial charge in [-0.3, -0.25) is 0 Å². The Hall–Kier alpha value is -1.39. The first-order valence-electron chi connectivity index (χ1n) is 6.40. The summed E-state index contributed by atoms with van der Waals surface area (Å²) in [6, 6.07) is 13.2. The van der Waals surface area contributed by atoms with Crippen LogP contribution >= 0.6 is 15.9 Å². The summed E-state index contributed by atoms with van der Waals surface area (Å²) in [4.78, 5) is 0. The van der Waals surface area contributed by atoms with E-state index in [1.54, 1.807) is 12.1 Å². The van der Waals surface area contributed by atoms with Crippen LogP contribution < -0.4 is 10.1 Å². The van der Waals surface area contributed by atoms with E-state index >= 15 is 0 Å². The smallest absolute Gasteiger partial charge is 0.168 e. The third-order valence-corrected chi connectivity index (χ3v) is 4.04. The van der Waals surface area contributed by atoms with Gasteiger partial charge in [-0.05, 0) is 36.7 Å². The topological polar surface area (TPSA) is 21.3 Å². The van der Waals surface area contributed by atoms with Crippen LogP contribution in [0, 0.1) is 5.82 Å². The Labute approximate surface area is 127 Å². The summed E-state index contributed by atoms with van der Waals surface area (Å²) >= 11 is 3.54. The quantitative estimate of drug-likeness (QED) is 0.886. The molecule has 0 radical (unpaired) electrons. The molecule has 0 aromatic heterocycles. The van der Waals surface area contributed by atoms with Crippen LogP contribution in [0.25, 0.3) is 0 Å². The molecule has 0 heterocycles. The molecule has 0 aliphatic rings. The predicted molar refractivity (Wildman–Crippen MR) is 82.6 cm³/mol. The Morgan fingerprint density at radius 1 is 1.20 bits per heavy atom. The molecule has 0 saturated heterocycles. The van der Waals surface area contributed by atoms with Gasteiger partial charge in [0.2, 0.25) is 0 Å². The molecule has 0 saturated carbocycles.